The molecule has 20 heavy (non-hydrogen) atoms. The van der Waals surface area contributed by atoms with E-state index in [1.807, 2.05) is 13.0 Å². The zero-order chi connectivity index (χ0) is 14.7. The molecule has 0 atom stereocenters. The van der Waals surface area contributed by atoms with Crippen LogP contribution in [0, 0.1) is 6.92 Å². The third-order valence-corrected chi connectivity index (χ3v) is 3.82. The minimum absolute atomic E-state index is 0.0225. The Morgan fingerprint density at radius 3 is 2.35 bits per heavy atom. The maximum atomic E-state index is 12.3. The van der Waals surface area contributed by atoms with Crippen LogP contribution in [-0.2, 0) is 6.42 Å². The van der Waals surface area contributed by atoms with Crippen LogP contribution in [0.3, 0.4) is 0 Å². The van der Waals surface area contributed by atoms with Gasteiger partial charge in [0, 0.05) is 22.0 Å². The molecule has 2 nitrogen and oxygen atoms in total. The molecule has 0 spiro atoms. The molecular weight excluding hydrogens is 295 g/mol. The predicted octanol–water partition coefficient (Wildman–Crippen LogP) is 4.74. The first kappa shape index (κ1) is 14.9. The zero-order valence-electron chi connectivity index (χ0n) is 11.2. The number of halogens is 2. The van der Waals surface area contributed by atoms with Crippen molar-refractivity contribution in [2.24, 2.45) is 0 Å². The molecule has 0 amide bonds. The number of carbonyl (C=O) groups is 1. The van der Waals surface area contributed by atoms with Crippen LogP contribution in [0.15, 0.2) is 36.4 Å². The van der Waals surface area contributed by atoms with Crippen molar-refractivity contribution >= 4 is 29.0 Å². The number of hydrogen-bond donors (Lipinski definition) is 0. The standard InChI is InChI=1S/C16H14Cl2O2/c1-10-8-11(6-7-16(10)20-2)15(19)9-12-13(17)4-3-5-14(12)18/h3-8H,9H2,1-2H3. The summed E-state index contributed by atoms with van der Waals surface area (Å²) in [7, 11) is 1.60. The monoisotopic (exact) mass is 308 g/mol. The molecule has 0 saturated carbocycles. The quantitative estimate of drug-likeness (QED) is 0.763. The van der Waals surface area contributed by atoms with Crippen molar-refractivity contribution < 1.29 is 9.53 Å². The van der Waals surface area contributed by atoms with E-state index >= 15 is 0 Å². The molecule has 104 valence electrons. The van der Waals surface area contributed by atoms with Crippen LogP contribution in [0.5, 0.6) is 5.75 Å². The van der Waals surface area contributed by atoms with Crippen molar-refractivity contribution in [2.75, 3.05) is 7.11 Å². The molecule has 0 aliphatic rings. The van der Waals surface area contributed by atoms with Gasteiger partial charge in [0.05, 0.1) is 7.11 Å². The zero-order valence-corrected chi connectivity index (χ0v) is 12.8. The molecule has 0 unspecified atom stereocenters. The molecule has 0 saturated heterocycles. The number of ether oxygens (including phenoxy) is 1. The summed E-state index contributed by atoms with van der Waals surface area (Å²) in [5.74, 6) is 0.739. The first-order chi connectivity index (χ1) is 9.52. The lowest BCUT2D eigenvalue weighted by molar-refractivity contribution is 0.0993. The van der Waals surface area contributed by atoms with Crippen LogP contribution in [0.25, 0.3) is 0 Å². The van der Waals surface area contributed by atoms with E-state index in [9.17, 15) is 4.79 Å². The molecule has 0 N–H and O–H groups in total. The average Bonchev–Trinajstić information content (AvgIpc) is 2.42. The van der Waals surface area contributed by atoms with E-state index in [-0.39, 0.29) is 12.2 Å². The molecule has 0 radical (unpaired) electrons. The van der Waals surface area contributed by atoms with Crippen molar-refractivity contribution in [3.05, 3.63) is 63.1 Å². The molecular formula is C16H14Cl2O2. The molecule has 2 rings (SSSR count). The summed E-state index contributed by atoms with van der Waals surface area (Å²) < 4.78 is 5.18. The van der Waals surface area contributed by atoms with Gasteiger partial charge in [-0.15, -0.1) is 0 Å². The maximum absolute atomic E-state index is 12.3. The predicted molar refractivity (Wildman–Crippen MR) is 82.2 cm³/mol. The van der Waals surface area contributed by atoms with Gasteiger partial charge < -0.3 is 4.74 Å². The fraction of sp³-hybridized carbons (Fsp3) is 0.188. The van der Waals surface area contributed by atoms with Crippen LogP contribution >= 0.6 is 23.2 Å². The Bertz CT molecular complexity index is 631. The molecule has 0 aromatic heterocycles. The largest absolute Gasteiger partial charge is 0.496 e. The van der Waals surface area contributed by atoms with Gasteiger partial charge in [-0.3, -0.25) is 4.79 Å². The highest BCUT2D eigenvalue weighted by Crippen LogP contribution is 2.26. The first-order valence-corrected chi connectivity index (χ1v) is 6.89. The third-order valence-electron chi connectivity index (χ3n) is 3.12. The second kappa shape index (κ2) is 6.29. The Balaban J connectivity index is 2.26. The highest BCUT2D eigenvalue weighted by atomic mass is 35.5. The lowest BCUT2D eigenvalue weighted by Crippen LogP contribution is -2.05. The number of Topliss-reactive ketones (excluding diaryl/α,β-unsaturated/α-hetero) is 1. The van der Waals surface area contributed by atoms with Crippen LogP contribution < -0.4 is 4.74 Å². The molecule has 0 aliphatic carbocycles. The van der Waals surface area contributed by atoms with E-state index in [1.54, 1.807) is 37.4 Å². The molecule has 0 fully saturated rings. The van der Waals surface area contributed by atoms with Gasteiger partial charge in [0.15, 0.2) is 5.78 Å². The number of aryl methyl sites for hydroxylation is 1. The third kappa shape index (κ3) is 3.14. The lowest BCUT2D eigenvalue weighted by atomic mass is 10.0. The Hall–Kier alpha value is -1.51. The second-order valence-corrected chi connectivity index (χ2v) is 5.30. The van der Waals surface area contributed by atoms with Crippen LogP contribution in [0.4, 0.5) is 0 Å². The average molecular weight is 309 g/mol. The Morgan fingerprint density at radius 1 is 1.15 bits per heavy atom. The first-order valence-electron chi connectivity index (χ1n) is 6.13. The van der Waals surface area contributed by atoms with Gasteiger partial charge in [0.25, 0.3) is 0 Å². The van der Waals surface area contributed by atoms with Crippen LogP contribution in [-0.4, -0.2) is 12.9 Å². The van der Waals surface area contributed by atoms with Crippen LogP contribution in [0.1, 0.15) is 21.5 Å². The maximum Gasteiger partial charge on any atom is 0.167 e. The smallest absolute Gasteiger partial charge is 0.167 e. The lowest BCUT2D eigenvalue weighted by Gasteiger charge is -2.09. The van der Waals surface area contributed by atoms with Crippen molar-refractivity contribution in [3.63, 3.8) is 0 Å². The number of carbonyl (C=O) groups excluding carboxylic acids is 1. The summed E-state index contributed by atoms with van der Waals surface area (Å²) in [5.41, 5.74) is 2.21. The Labute approximate surface area is 128 Å². The summed E-state index contributed by atoms with van der Waals surface area (Å²) in [5, 5.41) is 1.02. The fourth-order valence-electron chi connectivity index (χ4n) is 2.02. The summed E-state index contributed by atoms with van der Waals surface area (Å²) in [6, 6.07) is 10.6. The number of benzene rings is 2. The molecule has 2 aromatic rings. The minimum atomic E-state index is -0.0225. The topological polar surface area (TPSA) is 26.3 Å². The SMILES string of the molecule is COc1ccc(C(=O)Cc2c(Cl)cccc2Cl)cc1C. The van der Waals surface area contributed by atoms with E-state index in [1.165, 1.54) is 0 Å². The molecule has 0 heterocycles. The van der Waals surface area contributed by atoms with Crippen molar-refractivity contribution in [1.29, 1.82) is 0 Å². The van der Waals surface area contributed by atoms with Crippen molar-refractivity contribution in [2.45, 2.75) is 13.3 Å². The molecule has 4 heteroatoms. The minimum Gasteiger partial charge on any atom is -0.496 e. The van der Waals surface area contributed by atoms with Gasteiger partial charge in [-0.2, -0.15) is 0 Å². The number of methoxy groups -OCH3 is 1. The van der Waals surface area contributed by atoms with E-state index in [4.69, 9.17) is 27.9 Å². The van der Waals surface area contributed by atoms with Gasteiger partial charge in [-0.05, 0) is 48.4 Å². The Kier molecular flexibility index (Phi) is 4.69. The van der Waals surface area contributed by atoms with Gasteiger partial charge in [-0.25, -0.2) is 0 Å². The molecule has 2 aromatic carbocycles. The highest BCUT2D eigenvalue weighted by Gasteiger charge is 2.13. The van der Waals surface area contributed by atoms with Crippen LogP contribution in [0.2, 0.25) is 10.0 Å². The normalized spacial score (nSPS) is 10.4. The van der Waals surface area contributed by atoms with E-state index in [0.717, 1.165) is 11.3 Å². The highest BCUT2D eigenvalue weighted by molar-refractivity contribution is 6.36. The van der Waals surface area contributed by atoms with Gasteiger partial charge in [0.1, 0.15) is 5.75 Å². The number of ketones is 1. The molecule has 0 bridgehead atoms. The Morgan fingerprint density at radius 2 is 1.80 bits per heavy atom. The van der Waals surface area contributed by atoms with Crippen molar-refractivity contribution in [3.8, 4) is 5.75 Å². The van der Waals surface area contributed by atoms with Gasteiger partial charge >= 0.3 is 0 Å². The van der Waals surface area contributed by atoms with Gasteiger partial charge in [0.2, 0.25) is 0 Å². The molecule has 0 aliphatic heterocycles. The number of hydrogen-bond acceptors (Lipinski definition) is 2. The van der Waals surface area contributed by atoms with E-state index in [2.05, 4.69) is 0 Å². The van der Waals surface area contributed by atoms with E-state index < -0.39 is 0 Å². The summed E-state index contributed by atoms with van der Waals surface area (Å²) in [4.78, 5) is 12.3. The number of rotatable bonds is 4. The summed E-state index contributed by atoms with van der Waals surface area (Å²) >= 11 is 12.2. The fourth-order valence-corrected chi connectivity index (χ4v) is 2.55. The summed E-state index contributed by atoms with van der Waals surface area (Å²) in [6.45, 7) is 1.90. The van der Waals surface area contributed by atoms with Gasteiger partial charge in [-0.1, -0.05) is 29.3 Å². The van der Waals surface area contributed by atoms with E-state index in [0.29, 0.717) is 21.2 Å². The van der Waals surface area contributed by atoms with Crippen molar-refractivity contribution in [1.82, 2.24) is 0 Å². The summed E-state index contributed by atoms with van der Waals surface area (Å²) in [6.07, 6.45) is 0.185. The second-order valence-electron chi connectivity index (χ2n) is 4.48.